The number of carboxylic acids is 1. The van der Waals surface area contributed by atoms with E-state index in [1.807, 2.05) is 0 Å². The Kier molecular flexibility index (Phi) is 5.28. The third kappa shape index (κ3) is 3.93. The van der Waals surface area contributed by atoms with Crippen molar-refractivity contribution in [1.29, 1.82) is 0 Å². The van der Waals surface area contributed by atoms with Gasteiger partial charge in [0.25, 0.3) is 15.8 Å². The predicted molar refractivity (Wildman–Crippen MR) is 101 cm³/mol. The Morgan fingerprint density at radius 2 is 2.14 bits per heavy atom. The SMILES string of the molecule is CC1=Nc2snc(COS(C)(=O)=O)c2C(c2cccc([N+](=O)[O-])c2)C1C(=O)O. The molecule has 1 N–H and O–H groups in total. The molecule has 3 rings (SSSR count). The Bertz CT molecular complexity index is 1090. The molecule has 0 saturated carbocycles. The van der Waals surface area contributed by atoms with Crippen molar-refractivity contribution in [3.05, 3.63) is 51.2 Å². The van der Waals surface area contributed by atoms with Gasteiger partial charge in [0.2, 0.25) is 0 Å². The van der Waals surface area contributed by atoms with Gasteiger partial charge in [-0.15, -0.1) is 0 Å². The molecule has 0 spiro atoms. The molecule has 1 aromatic heterocycles. The summed E-state index contributed by atoms with van der Waals surface area (Å²) in [6, 6.07) is 5.68. The zero-order valence-electron chi connectivity index (χ0n) is 14.7. The van der Waals surface area contributed by atoms with E-state index in [1.54, 1.807) is 13.0 Å². The fraction of sp³-hybridized carbons (Fsp3) is 0.312. The van der Waals surface area contributed by atoms with E-state index in [0.717, 1.165) is 17.8 Å². The molecule has 1 aliphatic rings. The number of carboxylic acid groups (broad SMARTS) is 1. The van der Waals surface area contributed by atoms with Crippen LogP contribution in [0.5, 0.6) is 0 Å². The molecule has 2 unspecified atom stereocenters. The lowest BCUT2D eigenvalue weighted by Crippen LogP contribution is -2.32. The number of rotatable bonds is 6. The molecule has 1 aromatic carbocycles. The van der Waals surface area contributed by atoms with Crippen molar-refractivity contribution in [3.8, 4) is 0 Å². The molecule has 2 aromatic rings. The second kappa shape index (κ2) is 7.37. The minimum absolute atomic E-state index is 0.180. The molecule has 2 heterocycles. The van der Waals surface area contributed by atoms with Gasteiger partial charge in [0.15, 0.2) is 0 Å². The van der Waals surface area contributed by atoms with Crippen LogP contribution in [0.1, 0.15) is 29.7 Å². The number of nitrogens with zero attached hydrogens (tertiary/aromatic N) is 3. The second-order valence-electron chi connectivity index (χ2n) is 6.21. The van der Waals surface area contributed by atoms with Crippen LogP contribution in [0.3, 0.4) is 0 Å². The number of aliphatic imine (C=N–C) groups is 1. The van der Waals surface area contributed by atoms with Crippen molar-refractivity contribution < 1.29 is 27.4 Å². The van der Waals surface area contributed by atoms with E-state index in [0.29, 0.717) is 21.8 Å². The Labute approximate surface area is 163 Å². The highest BCUT2D eigenvalue weighted by Gasteiger charge is 2.41. The molecule has 12 heteroatoms. The van der Waals surface area contributed by atoms with Gasteiger partial charge in [-0.2, -0.15) is 12.8 Å². The molecule has 1 aliphatic heterocycles. The summed E-state index contributed by atoms with van der Waals surface area (Å²) < 4.78 is 31.7. The van der Waals surface area contributed by atoms with Crippen LogP contribution in [0.25, 0.3) is 0 Å². The number of nitro benzene ring substituents is 1. The van der Waals surface area contributed by atoms with E-state index in [9.17, 15) is 28.4 Å². The van der Waals surface area contributed by atoms with E-state index in [-0.39, 0.29) is 18.0 Å². The summed E-state index contributed by atoms with van der Waals surface area (Å²) in [7, 11) is -3.74. The van der Waals surface area contributed by atoms with Crippen molar-refractivity contribution in [3.63, 3.8) is 0 Å². The minimum atomic E-state index is -3.74. The first-order chi connectivity index (χ1) is 13.1. The van der Waals surface area contributed by atoms with Crippen LogP contribution in [0.2, 0.25) is 0 Å². The maximum Gasteiger partial charge on any atom is 0.313 e. The van der Waals surface area contributed by atoms with Gasteiger partial charge in [-0.05, 0) is 24.0 Å². The second-order valence-corrected chi connectivity index (χ2v) is 8.61. The highest BCUT2D eigenvalue weighted by atomic mass is 32.2. The smallest absolute Gasteiger partial charge is 0.313 e. The number of aliphatic carboxylic acids is 1. The zero-order chi connectivity index (χ0) is 20.6. The molecule has 2 atom stereocenters. The lowest BCUT2D eigenvalue weighted by molar-refractivity contribution is -0.384. The number of fused-ring (bicyclic) bond motifs is 1. The van der Waals surface area contributed by atoms with Gasteiger partial charge >= 0.3 is 5.97 Å². The summed E-state index contributed by atoms with van der Waals surface area (Å²) in [5.41, 5.74) is 1.20. The third-order valence-corrected chi connectivity index (χ3v) is 5.61. The fourth-order valence-corrected chi connectivity index (χ4v) is 4.33. The highest BCUT2D eigenvalue weighted by Crippen LogP contribution is 2.47. The zero-order valence-corrected chi connectivity index (χ0v) is 16.4. The van der Waals surface area contributed by atoms with Crippen molar-refractivity contribution in [1.82, 2.24) is 4.37 Å². The van der Waals surface area contributed by atoms with Crippen molar-refractivity contribution in [2.45, 2.75) is 19.4 Å². The van der Waals surface area contributed by atoms with Crippen LogP contribution in [0.4, 0.5) is 10.7 Å². The lowest BCUT2D eigenvalue weighted by Gasteiger charge is -2.28. The molecule has 0 amide bonds. The molecule has 148 valence electrons. The van der Waals surface area contributed by atoms with Gasteiger partial charge < -0.3 is 5.11 Å². The van der Waals surface area contributed by atoms with Gasteiger partial charge in [0, 0.05) is 29.3 Å². The Balaban J connectivity index is 2.17. The number of hydrogen-bond acceptors (Lipinski definition) is 9. The summed E-state index contributed by atoms with van der Waals surface area (Å²) in [6.07, 6.45) is 0.895. The monoisotopic (exact) mass is 425 g/mol. The van der Waals surface area contributed by atoms with Gasteiger partial charge in [0.05, 0.1) is 16.9 Å². The first-order valence-corrected chi connectivity index (χ1v) is 10.5. The lowest BCUT2D eigenvalue weighted by atomic mass is 9.76. The van der Waals surface area contributed by atoms with Crippen LogP contribution < -0.4 is 0 Å². The maximum atomic E-state index is 12.0. The standard InChI is InChI=1S/C16H15N3O7S2/c1-8-12(16(20)21)13(9-4-3-5-10(6-9)19(22)23)14-11(7-26-28(2,24)25)18-27-15(14)17-8/h3-6,12-13H,7H2,1-2H3,(H,20,21). The Morgan fingerprint density at radius 3 is 2.75 bits per heavy atom. The molecular formula is C16H15N3O7S2. The number of carbonyl (C=O) groups is 1. The van der Waals surface area contributed by atoms with E-state index in [4.69, 9.17) is 4.18 Å². The summed E-state index contributed by atoms with van der Waals surface area (Å²) in [4.78, 5) is 26.9. The topological polar surface area (TPSA) is 149 Å². The highest BCUT2D eigenvalue weighted by molar-refractivity contribution is 7.85. The molecule has 0 saturated heterocycles. The van der Waals surface area contributed by atoms with E-state index in [1.165, 1.54) is 18.2 Å². The Morgan fingerprint density at radius 1 is 1.43 bits per heavy atom. The van der Waals surface area contributed by atoms with E-state index < -0.39 is 32.8 Å². The Hall–Kier alpha value is -2.70. The van der Waals surface area contributed by atoms with E-state index in [2.05, 4.69) is 9.37 Å². The summed E-state index contributed by atoms with van der Waals surface area (Å²) >= 11 is 0.990. The van der Waals surface area contributed by atoms with Crippen molar-refractivity contribution >= 4 is 44.0 Å². The van der Waals surface area contributed by atoms with Crippen LogP contribution in [-0.4, -0.2) is 40.8 Å². The predicted octanol–water partition coefficient (Wildman–Crippen LogP) is 2.47. The first-order valence-electron chi connectivity index (χ1n) is 7.93. The van der Waals surface area contributed by atoms with Crippen molar-refractivity contribution in [2.75, 3.05) is 6.26 Å². The average molecular weight is 425 g/mol. The average Bonchev–Trinajstić information content (AvgIpc) is 3.00. The number of benzene rings is 1. The van der Waals surface area contributed by atoms with Crippen LogP contribution in [0, 0.1) is 16.0 Å². The van der Waals surface area contributed by atoms with Gasteiger partial charge in [0.1, 0.15) is 17.5 Å². The normalized spacial score (nSPS) is 19.0. The number of non-ortho nitro benzene ring substituents is 1. The molecular weight excluding hydrogens is 410 g/mol. The minimum Gasteiger partial charge on any atom is -0.481 e. The van der Waals surface area contributed by atoms with Crippen LogP contribution >= 0.6 is 11.5 Å². The number of hydrogen-bond donors (Lipinski definition) is 1. The molecule has 0 radical (unpaired) electrons. The molecule has 10 nitrogen and oxygen atoms in total. The molecule has 0 bridgehead atoms. The summed E-state index contributed by atoms with van der Waals surface area (Å²) in [6.45, 7) is 1.19. The summed E-state index contributed by atoms with van der Waals surface area (Å²) in [5.74, 6) is -3.05. The summed E-state index contributed by atoms with van der Waals surface area (Å²) in [5, 5.41) is 21.4. The molecule has 0 aliphatic carbocycles. The van der Waals surface area contributed by atoms with Gasteiger partial charge in [-0.3, -0.25) is 19.1 Å². The third-order valence-electron chi connectivity index (χ3n) is 4.27. The molecule has 0 fully saturated rings. The van der Waals surface area contributed by atoms with Crippen LogP contribution in [-0.2, 0) is 25.7 Å². The first kappa shape index (κ1) is 20.0. The van der Waals surface area contributed by atoms with Crippen LogP contribution in [0.15, 0.2) is 29.3 Å². The fourth-order valence-electron chi connectivity index (χ4n) is 3.13. The van der Waals surface area contributed by atoms with Gasteiger partial charge in [-0.25, -0.2) is 4.99 Å². The van der Waals surface area contributed by atoms with Crippen molar-refractivity contribution in [2.24, 2.45) is 10.9 Å². The largest absolute Gasteiger partial charge is 0.481 e. The quantitative estimate of drug-likeness (QED) is 0.421. The number of aromatic nitrogens is 1. The van der Waals surface area contributed by atoms with Gasteiger partial charge in [-0.1, -0.05) is 12.1 Å². The van der Waals surface area contributed by atoms with E-state index >= 15 is 0 Å². The molecule has 28 heavy (non-hydrogen) atoms. The number of nitro groups is 1. The maximum absolute atomic E-state index is 12.0.